The van der Waals surface area contributed by atoms with Gasteiger partial charge in [-0.05, 0) is 49.5 Å². The number of hydrogen-bond acceptors (Lipinski definition) is 4. The molecule has 0 bridgehead atoms. The average Bonchev–Trinajstić information content (AvgIpc) is 2.59. The summed E-state index contributed by atoms with van der Waals surface area (Å²) in [5.41, 5.74) is 1.12. The van der Waals surface area contributed by atoms with Gasteiger partial charge in [-0.3, -0.25) is 4.79 Å². The maximum Gasteiger partial charge on any atom is 0.251 e. The van der Waals surface area contributed by atoms with E-state index in [9.17, 15) is 18.7 Å². The van der Waals surface area contributed by atoms with E-state index in [0.29, 0.717) is 23.2 Å². The Morgan fingerprint density at radius 3 is 2.42 bits per heavy atom. The van der Waals surface area contributed by atoms with E-state index in [4.69, 9.17) is 0 Å². The summed E-state index contributed by atoms with van der Waals surface area (Å²) in [4.78, 5) is 14.1. The van der Waals surface area contributed by atoms with Crippen LogP contribution in [0, 0.1) is 11.6 Å². The minimum Gasteiger partial charge on any atom is -0.491 e. The molecule has 2 rings (SSSR count). The third kappa shape index (κ3) is 5.00. The molecule has 1 atom stereocenters. The molecule has 0 saturated carbocycles. The second kappa shape index (κ2) is 8.73. The van der Waals surface area contributed by atoms with Crippen LogP contribution < -0.4 is 10.1 Å². The van der Waals surface area contributed by atoms with E-state index in [1.54, 1.807) is 18.2 Å². The van der Waals surface area contributed by atoms with Crippen LogP contribution in [0.5, 0.6) is 5.75 Å². The lowest BCUT2D eigenvalue weighted by Gasteiger charge is -2.16. The first-order valence-corrected chi connectivity index (χ1v) is 8.06. The van der Waals surface area contributed by atoms with E-state index in [-0.39, 0.29) is 12.5 Å². The number of benzene rings is 2. The SMILES string of the molecule is COc1c(F)cc(-c2cccc(C(=O)NCC(O)CN(C)C)c2)cc1F. The second-order valence-electron chi connectivity index (χ2n) is 6.18. The number of aliphatic hydroxyl groups excluding tert-OH is 1. The first-order chi connectivity index (χ1) is 12.3. The molecule has 2 aromatic carbocycles. The average molecular weight is 364 g/mol. The van der Waals surface area contributed by atoms with Gasteiger partial charge >= 0.3 is 0 Å². The number of nitrogens with zero attached hydrogens (tertiary/aromatic N) is 1. The summed E-state index contributed by atoms with van der Waals surface area (Å²) in [6, 6.07) is 8.71. The Kier molecular flexibility index (Phi) is 6.65. The third-order valence-corrected chi connectivity index (χ3v) is 3.73. The lowest BCUT2D eigenvalue weighted by atomic mass is 10.0. The molecule has 1 unspecified atom stereocenters. The molecule has 26 heavy (non-hydrogen) atoms. The van der Waals surface area contributed by atoms with Crippen molar-refractivity contribution in [2.75, 3.05) is 34.3 Å². The lowest BCUT2D eigenvalue weighted by Crippen LogP contribution is -2.37. The van der Waals surface area contributed by atoms with Crippen molar-refractivity contribution in [2.45, 2.75) is 6.10 Å². The van der Waals surface area contributed by atoms with Gasteiger partial charge in [-0.15, -0.1) is 0 Å². The molecule has 0 saturated heterocycles. The molecule has 7 heteroatoms. The summed E-state index contributed by atoms with van der Waals surface area (Å²) in [6.07, 6.45) is -0.693. The molecular weight excluding hydrogens is 342 g/mol. The van der Waals surface area contributed by atoms with E-state index in [0.717, 1.165) is 12.1 Å². The summed E-state index contributed by atoms with van der Waals surface area (Å²) in [5.74, 6) is -2.45. The Morgan fingerprint density at radius 1 is 1.19 bits per heavy atom. The van der Waals surface area contributed by atoms with Crippen LogP contribution in [0.15, 0.2) is 36.4 Å². The number of carbonyl (C=O) groups excluding carboxylic acids is 1. The minimum atomic E-state index is -0.816. The van der Waals surface area contributed by atoms with Gasteiger partial charge in [0.1, 0.15) is 0 Å². The van der Waals surface area contributed by atoms with Crippen molar-refractivity contribution >= 4 is 5.91 Å². The molecule has 0 fully saturated rings. The van der Waals surface area contributed by atoms with E-state index < -0.39 is 23.5 Å². The van der Waals surface area contributed by atoms with Gasteiger partial charge in [-0.25, -0.2) is 8.78 Å². The zero-order valence-corrected chi connectivity index (χ0v) is 14.9. The van der Waals surface area contributed by atoms with Crippen LogP contribution in [-0.4, -0.2) is 56.3 Å². The summed E-state index contributed by atoms with van der Waals surface area (Å²) in [6.45, 7) is 0.526. The number of likely N-dealkylation sites (N-methyl/N-ethyl adjacent to an activating group) is 1. The van der Waals surface area contributed by atoms with Gasteiger partial charge in [0.25, 0.3) is 5.91 Å². The summed E-state index contributed by atoms with van der Waals surface area (Å²) in [5, 5.41) is 12.4. The number of methoxy groups -OCH3 is 1. The van der Waals surface area contributed by atoms with E-state index >= 15 is 0 Å². The molecule has 2 N–H and O–H groups in total. The van der Waals surface area contributed by atoms with Crippen molar-refractivity contribution < 1.29 is 23.4 Å². The zero-order chi connectivity index (χ0) is 19.3. The van der Waals surface area contributed by atoms with Crippen molar-refractivity contribution in [1.29, 1.82) is 0 Å². The van der Waals surface area contributed by atoms with Gasteiger partial charge in [0.2, 0.25) is 0 Å². The summed E-state index contributed by atoms with van der Waals surface area (Å²) < 4.78 is 32.5. The van der Waals surface area contributed by atoms with Crippen LogP contribution in [-0.2, 0) is 0 Å². The number of carbonyl (C=O) groups is 1. The topological polar surface area (TPSA) is 61.8 Å². The molecule has 0 radical (unpaired) electrons. The smallest absolute Gasteiger partial charge is 0.251 e. The first-order valence-electron chi connectivity index (χ1n) is 8.06. The van der Waals surface area contributed by atoms with Crippen molar-refractivity contribution in [3.8, 4) is 16.9 Å². The van der Waals surface area contributed by atoms with E-state index in [1.807, 2.05) is 19.0 Å². The third-order valence-electron chi connectivity index (χ3n) is 3.73. The Bertz CT molecular complexity index is 758. The monoisotopic (exact) mass is 364 g/mol. The molecule has 5 nitrogen and oxygen atoms in total. The highest BCUT2D eigenvalue weighted by atomic mass is 19.1. The molecule has 0 aromatic heterocycles. The highest BCUT2D eigenvalue weighted by molar-refractivity contribution is 5.95. The predicted octanol–water partition coefficient (Wildman–Crippen LogP) is 2.29. The molecule has 0 aliphatic carbocycles. The highest BCUT2D eigenvalue weighted by Crippen LogP contribution is 2.29. The number of amides is 1. The van der Waals surface area contributed by atoms with Gasteiger partial charge < -0.3 is 20.1 Å². The van der Waals surface area contributed by atoms with Gasteiger partial charge in [0.05, 0.1) is 13.2 Å². The molecule has 0 heterocycles. The molecular formula is C19H22F2N2O3. The van der Waals surface area contributed by atoms with Gasteiger partial charge in [0.15, 0.2) is 17.4 Å². The van der Waals surface area contributed by atoms with Gasteiger partial charge in [-0.2, -0.15) is 0 Å². The van der Waals surface area contributed by atoms with E-state index in [2.05, 4.69) is 10.1 Å². The van der Waals surface area contributed by atoms with Crippen LogP contribution in [0.4, 0.5) is 8.78 Å². The second-order valence-corrected chi connectivity index (χ2v) is 6.18. The van der Waals surface area contributed by atoms with E-state index in [1.165, 1.54) is 13.2 Å². The Morgan fingerprint density at radius 2 is 1.85 bits per heavy atom. The van der Waals surface area contributed by atoms with Crippen molar-refractivity contribution in [2.24, 2.45) is 0 Å². The van der Waals surface area contributed by atoms with Crippen molar-refractivity contribution in [3.05, 3.63) is 53.6 Å². The first kappa shape index (κ1) is 19.8. The predicted molar refractivity (Wildman–Crippen MR) is 95.2 cm³/mol. The number of rotatable bonds is 7. The maximum absolute atomic E-state index is 13.9. The number of hydrogen-bond donors (Lipinski definition) is 2. The minimum absolute atomic E-state index is 0.104. The largest absolute Gasteiger partial charge is 0.491 e. The number of ether oxygens (including phenoxy) is 1. The molecule has 0 spiro atoms. The van der Waals surface area contributed by atoms with Gasteiger partial charge in [0, 0.05) is 18.7 Å². The molecule has 2 aromatic rings. The fourth-order valence-electron chi connectivity index (χ4n) is 2.56. The summed E-state index contributed by atoms with van der Waals surface area (Å²) >= 11 is 0. The maximum atomic E-state index is 13.9. The standard InChI is InChI=1S/C19H22F2N2O3/c1-23(2)11-15(24)10-22-19(25)13-6-4-5-12(7-13)14-8-16(20)18(26-3)17(21)9-14/h4-9,15,24H,10-11H2,1-3H3,(H,22,25). The van der Waals surface area contributed by atoms with Crippen LogP contribution >= 0.6 is 0 Å². The fraction of sp³-hybridized carbons (Fsp3) is 0.316. The fourth-order valence-corrected chi connectivity index (χ4v) is 2.56. The van der Waals surface area contributed by atoms with Crippen molar-refractivity contribution in [1.82, 2.24) is 10.2 Å². The van der Waals surface area contributed by atoms with Crippen LogP contribution in [0.3, 0.4) is 0 Å². The van der Waals surface area contributed by atoms with Crippen LogP contribution in [0.1, 0.15) is 10.4 Å². The van der Waals surface area contributed by atoms with Gasteiger partial charge in [-0.1, -0.05) is 12.1 Å². The molecule has 0 aliphatic rings. The Labute approximate surface area is 151 Å². The number of aliphatic hydroxyl groups is 1. The molecule has 0 aliphatic heterocycles. The zero-order valence-electron chi connectivity index (χ0n) is 14.9. The molecule has 1 amide bonds. The molecule has 140 valence electrons. The highest BCUT2D eigenvalue weighted by Gasteiger charge is 2.14. The van der Waals surface area contributed by atoms with Crippen molar-refractivity contribution in [3.63, 3.8) is 0 Å². The Balaban J connectivity index is 2.16. The Hall–Kier alpha value is -2.51. The lowest BCUT2D eigenvalue weighted by molar-refractivity contribution is 0.0892. The van der Waals surface area contributed by atoms with Crippen LogP contribution in [0.2, 0.25) is 0 Å². The van der Waals surface area contributed by atoms with Crippen LogP contribution in [0.25, 0.3) is 11.1 Å². The normalized spacial score (nSPS) is 12.1. The summed E-state index contributed by atoms with van der Waals surface area (Å²) in [7, 11) is 4.83. The number of halogens is 2. The number of nitrogens with one attached hydrogen (secondary N) is 1. The quantitative estimate of drug-likeness (QED) is 0.791.